The van der Waals surface area contributed by atoms with E-state index in [1.165, 1.54) is 0 Å². The molecule has 2 aromatic rings. The Morgan fingerprint density at radius 2 is 1.85 bits per heavy atom. The van der Waals surface area contributed by atoms with Gasteiger partial charge >= 0.3 is 12.1 Å². The number of alkyl halides is 3. The summed E-state index contributed by atoms with van der Waals surface area (Å²) in [5.41, 5.74) is 3.02. The van der Waals surface area contributed by atoms with Crippen LogP contribution in [0.3, 0.4) is 0 Å². The Hall–Kier alpha value is -2.25. The number of hydrogen-bond acceptors (Lipinski definition) is 4. The number of hydroxylamine groups is 2. The summed E-state index contributed by atoms with van der Waals surface area (Å²) >= 11 is 6.15. The molecule has 0 atom stereocenters. The molecule has 1 saturated heterocycles. The smallest absolute Gasteiger partial charge is 0.486 e. The van der Waals surface area contributed by atoms with Crippen molar-refractivity contribution in [2.75, 3.05) is 13.1 Å². The van der Waals surface area contributed by atoms with Crippen molar-refractivity contribution in [3.05, 3.63) is 53.1 Å². The maximum atomic E-state index is 12.2. The topological polar surface area (TPSA) is 38.8 Å². The number of halogens is 4. The van der Waals surface area contributed by atoms with Crippen LogP contribution in [0.1, 0.15) is 5.56 Å². The summed E-state index contributed by atoms with van der Waals surface area (Å²) in [6.45, 7) is 2.06. The minimum Gasteiger partial charge on any atom is -0.486 e. The van der Waals surface area contributed by atoms with Crippen molar-refractivity contribution < 1.29 is 27.5 Å². The van der Waals surface area contributed by atoms with Gasteiger partial charge in [0.05, 0.1) is 18.1 Å². The number of carbonyl (C=O) groups is 1. The second-order valence-corrected chi connectivity index (χ2v) is 6.39. The Kier molecular flexibility index (Phi) is 5.11. The molecular weight excluding hydrogens is 371 g/mol. The van der Waals surface area contributed by atoms with Gasteiger partial charge in [-0.15, -0.1) is 5.06 Å². The van der Waals surface area contributed by atoms with Crippen LogP contribution in [-0.4, -0.2) is 36.4 Å². The van der Waals surface area contributed by atoms with Gasteiger partial charge in [-0.3, -0.25) is 0 Å². The lowest BCUT2D eigenvalue weighted by Crippen LogP contribution is -2.55. The van der Waals surface area contributed by atoms with Crippen molar-refractivity contribution in [3.63, 3.8) is 0 Å². The minimum absolute atomic E-state index is 0.0345. The Morgan fingerprint density at radius 3 is 2.50 bits per heavy atom. The van der Waals surface area contributed by atoms with E-state index in [-0.39, 0.29) is 13.1 Å². The number of rotatable bonds is 4. The molecule has 0 aromatic heterocycles. The van der Waals surface area contributed by atoms with Crippen LogP contribution >= 0.6 is 11.6 Å². The Balaban J connectivity index is 1.63. The fourth-order valence-corrected chi connectivity index (χ4v) is 2.66. The summed E-state index contributed by atoms with van der Waals surface area (Å²) in [5.74, 6) is -1.81. The summed E-state index contributed by atoms with van der Waals surface area (Å²) in [6, 6.07) is 13.3. The maximum absolute atomic E-state index is 12.2. The molecule has 1 aliphatic heterocycles. The van der Waals surface area contributed by atoms with Crippen LogP contribution in [-0.2, 0) is 9.63 Å². The first-order valence-electron chi connectivity index (χ1n) is 7.79. The van der Waals surface area contributed by atoms with Gasteiger partial charge in [-0.05, 0) is 30.2 Å². The van der Waals surface area contributed by atoms with Gasteiger partial charge in [0.2, 0.25) is 0 Å². The van der Waals surface area contributed by atoms with Crippen LogP contribution in [0.5, 0.6) is 5.75 Å². The number of aryl methyl sites for hydroxylation is 1. The van der Waals surface area contributed by atoms with Gasteiger partial charge in [0.15, 0.2) is 0 Å². The molecule has 8 heteroatoms. The fraction of sp³-hybridized carbons (Fsp3) is 0.278. The quantitative estimate of drug-likeness (QED) is 0.782. The molecule has 1 aliphatic rings. The number of benzene rings is 2. The van der Waals surface area contributed by atoms with Crippen LogP contribution < -0.4 is 4.74 Å². The highest BCUT2D eigenvalue weighted by molar-refractivity contribution is 6.32. The van der Waals surface area contributed by atoms with E-state index in [4.69, 9.17) is 16.3 Å². The minimum atomic E-state index is -5.02. The molecule has 4 nitrogen and oxygen atoms in total. The second kappa shape index (κ2) is 7.17. The van der Waals surface area contributed by atoms with Crippen LogP contribution in [0.4, 0.5) is 13.2 Å². The molecule has 0 N–H and O–H groups in total. The lowest BCUT2D eigenvalue weighted by Gasteiger charge is -2.37. The highest BCUT2D eigenvalue weighted by Crippen LogP contribution is 2.33. The first kappa shape index (κ1) is 18.5. The standard InChI is InChI=1S/C18H15ClF3NO3/c1-11-3-2-4-12(7-11)13-5-6-15(19)16(8-13)25-14-9-23(10-14)26-17(24)18(20,21)22/h2-8,14H,9-10H2,1H3. The molecule has 0 spiro atoms. The van der Waals surface area contributed by atoms with E-state index in [2.05, 4.69) is 4.84 Å². The van der Waals surface area contributed by atoms with Crippen molar-refractivity contribution in [1.82, 2.24) is 5.06 Å². The molecule has 138 valence electrons. The molecule has 26 heavy (non-hydrogen) atoms. The van der Waals surface area contributed by atoms with Crippen molar-refractivity contribution in [1.29, 1.82) is 0 Å². The van der Waals surface area contributed by atoms with E-state index < -0.39 is 18.2 Å². The second-order valence-electron chi connectivity index (χ2n) is 5.98. The molecule has 0 radical (unpaired) electrons. The molecule has 1 fully saturated rings. The summed E-state index contributed by atoms with van der Waals surface area (Å²) in [5, 5.41) is 1.30. The first-order chi connectivity index (χ1) is 12.2. The van der Waals surface area contributed by atoms with Crippen molar-refractivity contribution in [2.24, 2.45) is 0 Å². The van der Waals surface area contributed by atoms with E-state index in [0.29, 0.717) is 10.8 Å². The Labute approximate surface area is 153 Å². The average Bonchev–Trinajstić information content (AvgIpc) is 2.53. The SMILES string of the molecule is Cc1cccc(-c2ccc(Cl)c(OC3CN(OC(=O)C(F)(F)F)C3)c2)c1. The average molecular weight is 386 g/mol. The van der Waals surface area contributed by atoms with E-state index in [1.54, 1.807) is 12.1 Å². The van der Waals surface area contributed by atoms with Crippen LogP contribution in [0, 0.1) is 6.92 Å². The first-order valence-corrected chi connectivity index (χ1v) is 8.17. The van der Waals surface area contributed by atoms with Crippen LogP contribution in [0.15, 0.2) is 42.5 Å². The molecule has 0 bridgehead atoms. The van der Waals surface area contributed by atoms with Gasteiger partial charge in [-0.2, -0.15) is 13.2 Å². The van der Waals surface area contributed by atoms with E-state index in [0.717, 1.165) is 21.8 Å². The van der Waals surface area contributed by atoms with Crippen molar-refractivity contribution in [2.45, 2.75) is 19.2 Å². The molecule has 0 unspecified atom stereocenters. The fourth-order valence-electron chi connectivity index (χ4n) is 2.50. The molecule has 3 rings (SSSR count). The molecular formula is C18H15ClF3NO3. The monoisotopic (exact) mass is 385 g/mol. The largest absolute Gasteiger partial charge is 0.492 e. The zero-order chi connectivity index (χ0) is 18.9. The molecule has 0 amide bonds. The molecule has 0 aliphatic carbocycles. The highest BCUT2D eigenvalue weighted by atomic mass is 35.5. The number of carbonyl (C=O) groups excluding carboxylic acids is 1. The number of ether oxygens (including phenoxy) is 1. The molecule has 0 saturated carbocycles. The predicted molar refractivity (Wildman–Crippen MR) is 89.8 cm³/mol. The maximum Gasteiger partial charge on any atom is 0.492 e. The molecule has 1 heterocycles. The lowest BCUT2D eigenvalue weighted by atomic mass is 10.0. The normalized spacial score (nSPS) is 15.4. The van der Waals surface area contributed by atoms with Gasteiger partial charge < -0.3 is 9.57 Å². The summed E-state index contributed by atoms with van der Waals surface area (Å²) in [4.78, 5) is 15.0. The van der Waals surface area contributed by atoms with Gasteiger partial charge in [0.1, 0.15) is 11.9 Å². The van der Waals surface area contributed by atoms with Crippen molar-refractivity contribution >= 4 is 17.6 Å². The van der Waals surface area contributed by atoms with Gasteiger partial charge in [-0.1, -0.05) is 47.5 Å². The summed E-state index contributed by atoms with van der Waals surface area (Å²) in [6.07, 6.45) is -5.43. The van der Waals surface area contributed by atoms with Gasteiger partial charge in [-0.25, -0.2) is 4.79 Å². The summed E-state index contributed by atoms with van der Waals surface area (Å²) in [7, 11) is 0. The third-order valence-electron chi connectivity index (χ3n) is 3.83. The third kappa shape index (κ3) is 4.28. The molecule has 2 aromatic carbocycles. The predicted octanol–water partition coefficient (Wildman–Crippen LogP) is 4.40. The van der Waals surface area contributed by atoms with Crippen LogP contribution in [0.25, 0.3) is 11.1 Å². The summed E-state index contributed by atoms with van der Waals surface area (Å²) < 4.78 is 42.2. The number of nitrogens with zero attached hydrogens (tertiary/aromatic N) is 1. The Bertz CT molecular complexity index is 820. The zero-order valence-electron chi connectivity index (χ0n) is 13.7. The Morgan fingerprint density at radius 1 is 1.15 bits per heavy atom. The van der Waals surface area contributed by atoms with Crippen LogP contribution in [0.2, 0.25) is 5.02 Å². The third-order valence-corrected chi connectivity index (χ3v) is 4.15. The zero-order valence-corrected chi connectivity index (χ0v) is 14.5. The van der Waals surface area contributed by atoms with Crippen molar-refractivity contribution in [3.8, 4) is 16.9 Å². The van der Waals surface area contributed by atoms with E-state index in [1.807, 2.05) is 37.3 Å². The highest BCUT2D eigenvalue weighted by Gasteiger charge is 2.44. The van der Waals surface area contributed by atoms with Gasteiger partial charge in [0.25, 0.3) is 0 Å². The van der Waals surface area contributed by atoms with E-state index in [9.17, 15) is 18.0 Å². The van der Waals surface area contributed by atoms with E-state index >= 15 is 0 Å². The van der Waals surface area contributed by atoms with Gasteiger partial charge in [0, 0.05) is 0 Å². The lowest BCUT2D eigenvalue weighted by molar-refractivity contribution is -0.262. The number of hydrogen-bond donors (Lipinski definition) is 0.